The van der Waals surface area contributed by atoms with Gasteiger partial charge in [0.15, 0.2) is 0 Å². The van der Waals surface area contributed by atoms with Crippen molar-refractivity contribution in [2.45, 2.75) is 6.92 Å². The van der Waals surface area contributed by atoms with Crippen LogP contribution in [0.4, 0.5) is 11.4 Å². The average Bonchev–Trinajstić information content (AvgIpc) is 2.42. The quantitative estimate of drug-likeness (QED) is 0.617. The Morgan fingerprint density at radius 3 is 2.42 bits per heavy atom. The molecule has 0 aliphatic rings. The first-order valence-electron chi connectivity index (χ1n) is 5.62. The number of hydrogen-bond acceptors (Lipinski definition) is 4. The standard InChI is InChI=1S/C15H10N2O2/c1-11-14(6-3-7-15(11)17-10-19)12-4-2-5-13(8-12)16-9-18/h2-8H,1H3. The van der Waals surface area contributed by atoms with E-state index in [1.165, 1.54) is 6.08 Å². The third kappa shape index (κ3) is 2.72. The van der Waals surface area contributed by atoms with Crippen molar-refractivity contribution in [2.75, 3.05) is 0 Å². The Balaban J connectivity index is 2.58. The van der Waals surface area contributed by atoms with E-state index in [0.29, 0.717) is 11.4 Å². The largest absolute Gasteiger partial charge is 0.240 e. The zero-order valence-corrected chi connectivity index (χ0v) is 10.3. The Morgan fingerprint density at radius 2 is 1.68 bits per heavy atom. The van der Waals surface area contributed by atoms with Crippen molar-refractivity contribution in [3.8, 4) is 11.1 Å². The summed E-state index contributed by atoms with van der Waals surface area (Å²) in [6.07, 6.45) is 3.05. The lowest BCUT2D eigenvalue weighted by Gasteiger charge is -2.08. The number of hydrogen-bond donors (Lipinski definition) is 0. The number of aliphatic imine (C=N–C) groups is 2. The monoisotopic (exact) mass is 250 g/mol. The minimum atomic E-state index is 0.538. The molecule has 92 valence electrons. The second-order valence-electron chi connectivity index (χ2n) is 3.91. The van der Waals surface area contributed by atoms with E-state index in [4.69, 9.17) is 0 Å². The first kappa shape index (κ1) is 12.7. The van der Waals surface area contributed by atoms with Gasteiger partial charge in [-0.25, -0.2) is 9.59 Å². The van der Waals surface area contributed by atoms with Crippen molar-refractivity contribution in [1.29, 1.82) is 0 Å². The number of nitrogens with zero attached hydrogens (tertiary/aromatic N) is 2. The zero-order valence-electron chi connectivity index (χ0n) is 10.3. The second-order valence-corrected chi connectivity index (χ2v) is 3.91. The fourth-order valence-corrected chi connectivity index (χ4v) is 1.90. The predicted octanol–water partition coefficient (Wildman–Crippen LogP) is 3.60. The molecule has 0 heterocycles. The molecule has 0 saturated heterocycles. The number of carbonyl (C=O) groups excluding carboxylic acids is 2. The van der Waals surface area contributed by atoms with Gasteiger partial charge in [-0.15, -0.1) is 0 Å². The van der Waals surface area contributed by atoms with Crippen LogP contribution in [-0.4, -0.2) is 12.2 Å². The zero-order chi connectivity index (χ0) is 13.7. The molecule has 0 amide bonds. The van der Waals surface area contributed by atoms with E-state index in [0.717, 1.165) is 16.7 Å². The molecular formula is C15H10N2O2. The molecule has 0 spiro atoms. The van der Waals surface area contributed by atoms with Crippen molar-refractivity contribution < 1.29 is 9.59 Å². The molecule has 0 N–H and O–H groups in total. The highest BCUT2D eigenvalue weighted by Crippen LogP contribution is 2.31. The number of rotatable bonds is 3. The normalized spacial score (nSPS) is 9.32. The van der Waals surface area contributed by atoms with Crippen LogP contribution in [-0.2, 0) is 9.59 Å². The van der Waals surface area contributed by atoms with Crippen molar-refractivity contribution in [3.63, 3.8) is 0 Å². The van der Waals surface area contributed by atoms with Crippen molar-refractivity contribution in [1.82, 2.24) is 0 Å². The van der Waals surface area contributed by atoms with Crippen LogP contribution in [0.3, 0.4) is 0 Å². The molecule has 0 fully saturated rings. The second kappa shape index (κ2) is 5.69. The maximum absolute atomic E-state index is 10.4. The fourth-order valence-electron chi connectivity index (χ4n) is 1.90. The summed E-state index contributed by atoms with van der Waals surface area (Å²) in [6.45, 7) is 1.88. The maximum atomic E-state index is 10.4. The van der Waals surface area contributed by atoms with E-state index in [2.05, 4.69) is 9.98 Å². The fraction of sp³-hybridized carbons (Fsp3) is 0.0667. The van der Waals surface area contributed by atoms with Gasteiger partial charge in [0.05, 0.1) is 11.4 Å². The van der Waals surface area contributed by atoms with Gasteiger partial charge < -0.3 is 0 Å². The summed E-state index contributed by atoms with van der Waals surface area (Å²) >= 11 is 0. The van der Waals surface area contributed by atoms with Crippen LogP contribution in [0, 0.1) is 6.92 Å². The van der Waals surface area contributed by atoms with Gasteiger partial charge in [0, 0.05) is 0 Å². The van der Waals surface area contributed by atoms with Gasteiger partial charge in [-0.3, -0.25) is 0 Å². The Morgan fingerprint density at radius 1 is 0.947 bits per heavy atom. The average molecular weight is 250 g/mol. The van der Waals surface area contributed by atoms with Gasteiger partial charge in [-0.05, 0) is 41.8 Å². The van der Waals surface area contributed by atoms with Crippen LogP contribution in [0.5, 0.6) is 0 Å². The Bertz CT molecular complexity index is 710. The van der Waals surface area contributed by atoms with Gasteiger partial charge in [0.1, 0.15) is 0 Å². The molecule has 2 rings (SSSR count). The summed E-state index contributed by atoms with van der Waals surface area (Å²) < 4.78 is 0. The summed E-state index contributed by atoms with van der Waals surface area (Å²) in [5.74, 6) is 0. The lowest BCUT2D eigenvalue weighted by atomic mass is 9.99. The third-order valence-corrected chi connectivity index (χ3v) is 2.80. The van der Waals surface area contributed by atoms with Crippen LogP contribution in [0.25, 0.3) is 11.1 Å². The molecule has 0 saturated carbocycles. The summed E-state index contributed by atoms with van der Waals surface area (Å²) in [5, 5.41) is 0. The first-order chi connectivity index (χ1) is 9.26. The SMILES string of the molecule is Cc1c(N=C=O)cccc1-c1cccc(N=C=O)c1. The molecule has 19 heavy (non-hydrogen) atoms. The van der Waals surface area contributed by atoms with E-state index in [9.17, 15) is 9.59 Å². The highest BCUT2D eigenvalue weighted by Gasteiger charge is 2.06. The summed E-state index contributed by atoms with van der Waals surface area (Å²) in [5.41, 5.74) is 3.82. The summed E-state index contributed by atoms with van der Waals surface area (Å²) in [4.78, 5) is 27.9. The molecule has 0 aromatic heterocycles. The van der Waals surface area contributed by atoms with Gasteiger partial charge >= 0.3 is 0 Å². The van der Waals surface area contributed by atoms with Gasteiger partial charge in [-0.2, -0.15) is 9.98 Å². The van der Waals surface area contributed by atoms with E-state index < -0.39 is 0 Å². The number of benzene rings is 2. The van der Waals surface area contributed by atoms with Crippen LogP contribution < -0.4 is 0 Å². The molecule has 0 atom stereocenters. The smallest absolute Gasteiger partial charge is 0.211 e. The Hall–Kier alpha value is -2.80. The molecule has 2 aromatic carbocycles. The lowest BCUT2D eigenvalue weighted by Crippen LogP contribution is -1.83. The molecule has 0 unspecified atom stereocenters. The minimum absolute atomic E-state index is 0.538. The van der Waals surface area contributed by atoms with Crippen LogP contribution in [0.1, 0.15) is 5.56 Å². The maximum Gasteiger partial charge on any atom is 0.240 e. The van der Waals surface area contributed by atoms with Crippen LogP contribution in [0.15, 0.2) is 52.4 Å². The Labute approximate surface area is 110 Å². The van der Waals surface area contributed by atoms with E-state index in [1.807, 2.05) is 25.1 Å². The van der Waals surface area contributed by atoms with Crippen molar-refractivity contribution in [3.05, 3.63) is 48.0 Å². The molecule has 4 heteroatoms. The molecule has 2 aromatic rings. The lowest BCUT2D eigenvalue weighted by molar-refractivity contribution is 0.564. The van der Waals surface area contributed by atoms with Gasteiger partial charge in [0.2, 0.25) is 12.2 Å². The predicted molar refractivity (Wildman–Crippen MR) is 72.2 cm³/mol. The molecule has 0 bridgehead atoms. The van der Waals surface area contributed by atoms with Crippen LogP contribution in [0.2, 0.25) is 0 Å². The third-order valence-electron chi connectivity index (χ3n) is 2.80. The summed E-state index contributed by atoms with van der Waals surface area (Å²) in [6, 6.07) is 12.7. The highest BCUT2D eigenvalue weighted by molar-refractivity contribution is 5.75. The molecule has 4 nitrogen and oxygen atoms in total. The summed E-state index contributed by atoms with van der Waals surface area (Å²) in [7, 11) is 0. The minimum Gasteiger partial charge on any atom is -0.211 e. The van der Waals surface area contributed by atoms with Gasteiger partial charge in [-0.1, -0.05) is 24.3 Å². The van der Waals surface area contributed by atoms with Gasteiger partial charge in [0.25, 0.3) is 0 Å². The number of isocyanates is 2. The first-order valence-corrected chi connectivity index (χ1v) is 5.62. The molecule has 0 aliphatic heterocycles. The Kier molecular flexibility index (Phi) is 3.79. The van der Waals surface area contributed by atoms with E-state index >= 15 is 0 Å². The highest BCUT2D eigenvalue weighted by atomic mass is 16.1. The molecule has 0 radical (unpaired) electrons. The van der Waals surface area contributed by atoms with Crippen molar-refractivity contribution >= 4 is 23.5 Å². The van der Waals surface area contributed by atoms with Crippen molar-refractivity contribution in [2.24, 2.45) is 9.98 Å². The van der Waals surface area contributed by atoms with E-state index in [1.54, 1.807) is 30.3 Å². The molecule has 0 aliphatic carbocycles. The van der Waals surface area contributed by atoms with Crippen LogP contribution >= 0.6 is 0 Å². The molecular weight excluding hydrogens is 240 g/mol. The topological polar surface area (TPSA) is 58.9 Å². The van der Waals surface area contributed by atoms with E-state index in [-0.39, 0.29) is 0 Å².